The quantitative estimate of drug-likeness (QED) is 0.486. The summed E-state index contributed by atoms with van der Waals surface area (Å²) in [5.74, 6) is 0.0342. The van der Waals surface area contributed by atoms with E-state index < -0.39 is 5.97 Å². The number of esters is 1. The van der Waals surface area contributed by atoms with Gasteiger partial charge < -0.3 is 15.4 Å². The number of hydrogen-bond acceptors (Lipinski definition) is 5. The van der Waals surface area contributed by atoms with Crippen LogP contribution < -0.4 is 10.6 Å². The fourth-order valence-electron chi connectivity index (χ4n) is 1.99. The number of rotatable bonds is 5. The zero-order valence-electron chi connectivity index (χ0n) is 11.9. The Balaban J connectivity index is 2.27. The summed E-state index contributed by atoms with van der Waals surface area (Å²) in [5.41, 5.74) is 0.996. The number of hydrogen-bond donors (Lipinski definition) is 2. The predicted octanol–water partition coefficient (Wildman–Crippen LogP) is 1.39. The van der Waals surface area contributed by atoms with Gasteiger partial charge in [0.15, 0.2) is 5.78 Å². The first-order chi connectivity index (χ1) is 10.2. The lowest BCUT2D eigenvalue weighted by Gasteiger charge is -2.07. The molecule has 110 valence electrons. The van der Waals surface area contributed by atoms with Crippen LogP contribution in [0.25, 0.3) is 0 Å². The molecule has 0 unspecified atom stereocenters. The van der Waals surface area contributed by atoms with Crippen LogP contribution in [0.2, 0.25) is 0 Å². The van der Waals surface area contributed by atoms with E-state index in [1.54, 1.807) is 31.2 Å². The van der Waals surface area contributed by atoms with Gasteiger partial charge in [0.25, 0.3) is 0 Å². The Labute approximate surface area is 123 Å². The lowest BCUT2D eigenvalue weighted by molar-refractivity contribution is -0.137. The molecule has 1 aromatic rings. The van der Waals surface area contributed by atoms with Gasteiger partial charge in [-0.1, -0.05) is 30.3 Å². The molecule has 21 heavy (non-hydrogen) atoms. The lowest BCUT2D eigenvalue weighted by Crippen LogP contribution is -2.18. The second-order valence-electron chi connectivity index (χ2n) is 4.42. The highest BCUT2D eigenvalue weighted by atomic mass is 16.5. The number of Topliss-reactive ketones (excluding diaryl/α,β-unsaturated/α-hetero) is 1. The number of carbonyl (C=O) groups is 2. The molecule has 0 radical (unpaired) electrons. The van der Waals surface area contributed by atoms with Crippen LogP contribution in [0.3, 0.4) is 0 Å². The summed E-state index contributed by atoms with van der Waals surface area (Å²) < 4.78 is 4.84. The predicted molar refractivity (Wildman–Crippen MR) is 79.6 cm³/mol. The molecule has 0 bridgehead atoms. The number of allylic oxidation sites excluding steroid dienone is 2. The Morgan fingerprint density at radius 3 is 2.43 bits per heavy atom. The zero-order chi connectivity index (χ0) is 15.1. The van der Waals surface area contributed by atoms with Gasteiger partial charge in [0.2, 0.25) is 0 Å². The topological polar surface area (TPSA) is 67.4 Å². The van der Waals surface area contributed by atoms with Crippen molar-refractivity contribution in [3.8, 4) is 0 Å². The van der Waals surface area contributed by atoms with Gasteiger partial charge in [-0.25, -0.2) is 4.79 Å². The summed E-state index contributed by atoms with van der Waals surface area (Å²) in [6.07, 6.45) is 2.77. The van der Waals surface area contributed by atoms with Crippen LogP contribution >= 0.6 is 0 Å². The number of benzene rings is 1. The van der Waals surface area contributed by atoms with E-state index >= 15 is 0 Å². The van der Waals surface area contributed by atoms with E-state index in [0.29, 0.717) is 23.6 Å². The van der Waals surface area contributed by atoms with E-state index in [4.69, 9.17) is 4.74 Å². The third-order valence-electron chi connectivity index (χ3n) is 2.95. The van der Waals surface area contributed by atoms with E-state index in [0.717, 1.165) is 13.1 Å². The minimum atomic E-state index is -0.463. The molecule has 1 heterocycles. The molecule has 2 N–H and O–H groups in total. The molecule has 5 nitrogen and oxygen atoms in total. The van der Waals surface area contributed by atoms with Gasteiger partial charge in [0, 0.05) is 24.7 Å². The molecule has 0 atom stereocenters. The highest BCUT2D eigenvalue weighted by Gasteiger charge is 2.17. The molecule has 5 heteroatoms. The first kappa shape index (κ1) is 14.8. The standard InChI is InChI=1S/C16H18N2O3/c1-2-21-14(19)9-8-13(16-17-10-11-18-16)15(20)12-6-4-3-5-7-12/h3-9,17-18H,2,10-11H2,1H3/b9-8+. The Bertz CT molecular complexity index is 568. The zero-order valence-corrected chi connectivity index (χ0v) is 11.9. The first-order valence-electron chi connectivity index (χ1n) is 6.89. The van der Waals surface area contributed by atoms with E-state index in [9.17, 15) is 9.59 Å². The van der Waals surface area contributed by atoms with Gasteiger partial charge in [0.1, 0.15) is 5.82 Å². The monoisotopic (exact) mass is 286 g/mol. The summed E-state index contributed by atoms with van der Waals surface area (Å²) in [4.78, 5) is 24.0. The van der Waals surface area contributed by atoms with Crippen LogP contribution in [0.5, 0.6) is 0 Å². The van der Waals surface area contributed by atoms with Crippen LogP contribution in [-0.2, 0) is 9.53 Å². The molecule has 1 aliphatic rings. The molecule has 2 rings (SSSR count). The second-order valence-corrected chi connectivity index (χ2v) is 4.42. The van der Waals surface area contributed by atoms with Crippen LogP contribution in [0.4, 0.5) is 0 Å². The minimum absolute atomic E-state index is 0.145. The number of nitrogens with one attached hydrogen (secondary N) is 2. The molecule has 1 saturated heterocycles. The molecule has 0 spiro atoms. The summed E-state index contributed by atoms with van der Waals surface area (Å²) in [6.45, 7) is 3.53. The van der Waals surface area contributed by atoms with Crippen molar-refractivity contribution < 1.29 is 14.3 Å². The SMILES string of the molecule is CCOC(=O)/C=C/C(C(=O)c1ccccc1)=C1NCCN1. The molecule has 1 fully saturated rings. The lowest BCUT2D eigenvalue weighted by atomic mass is 10.0. The highest BCUT2D eigenvalue weighted by Crippen LogP contribution is 2.13. The number of ether oxygens (including phenoxy) is 1. The van der Waals surface area contributed by atoms with Crippen molar-refractivity contribution in [1.82, 2.24) is 10.6 Å². The van der Waals surface area contributed by atoms with Crippen molar-refractivity contribution in [3.63, 3.8) is 0 Å². The van der Waals surface area contributed by atoms with Crippen LogP contribution in [0.1, 0.15) is 17.3 Å². The summed E-state index contributed by atoms with van der Waals surface area (Å²) >= 11 is 0. The van der Waals surface area contributed by atoms with Gasteiger partial charge in [-0.15, -0.1) is 0 Å². The average molecular weight is 286 g/mol. The van der Waals surface area contributed by atoms with Crippen LogP contribution in [0, 0.1) is 0 Å². The van der Waals surface area contributed by atoms with Crippen molar-refractivity contribution in [2.24, 2.45) is 0 Å². The molecule has 0 amide bonds. The third kappa shape index (κ3) is 3.95. The minimum Gasteiger partial charge on any atom is -0.463 e. The Morgan fingerprint density at radius 2 is 1.81 bits per heavy atom. The normalized spacial score (nSPS) is 13.7. The third-order valence-corrected chi connectivity index (χ3v) is 2.95. The largest absolute Gasteiger partial charge is 0.463 e. The Hall–Kier alpha value is -2.56. The van der Waals surface area contributed by atoms with Gasteiger partial charge in [-0.05, 0) is 13.0 Å². The number of carbonyl (C=O) groups excluding carboxylic acids is 2. The highest BCUT2D eigenvalue weighted by molar-refractivity contribution is 6.11. The summed E-state index contributed by atoms with van der Waals surface area (Å²) in [6, 6.07) is 8.95. The van der Waals surface area contributed by atoms with E-state index in [1.807, 2.05) is 6.07 Å². The van der Waals surface area contributed by atoms with Gasteiger partial charge in [-0.3, -0.25) is 4.79 Å². The first-order valence-corrected chi connectivity index (χ1v) is 6.89. The van der Waals surface area contributed by atoms with Crippen molar-refractivity contribution in [1.29, 1.82) is 0 Å². The maximum Gasteiger partial charge on any atom is 0.330 e. The van der Waals surface area contributed by atoms with E-state index in [1.165, 1.54) is 12.2 Å². The maximum atomic E-state index is 12.6. The van der Waals surface area contributed by atoms with Crippen LogP contribution in [0.15, 0.2) is 53.9 Å². The Kier molecular flexibility index (Phi) is 5.15. The molecular formula is C16H18N2O3. The smallest absolute Gasteiger partial charge is 0.330 e. The molecule has 1 aromatic carbocycles. The van der Waals surface area contributed by atoms with Gasteiger partial charge >= 0.3 is 5.97 Å². The Morgan fingerprint density at radius 1 is 1.14 bits per heavy atom. The molecule has 0 aromatic heterocycles. The average Bonchev–Trinajstić information content (AvgIpc) is 3.02. The summed E-state index contributed by atoms with van der Waals surface area (Å²) in [7, 11) is 0. The molecule has 0 saturated carbocycles. The van der Waals surface area contributed by atoms with Gasteiger partial charge in [0.05, 0.1) is 12.2 Å². The molecule has 0 aliphatic carbocycles. The molecule has 1 aliphatic heterocycles. The fraction of sp³-hybridized carbons (Fsp3) is 0.250. The second kappa shape index (κ2) is 7.28. The van der Waals surface area contributed by atoms with Crippen molar-refractivity contribution in [2.45, 2.75) is 6.92 Å². The van der Waals surface area contributed by atoms with Crippen molar-refractivity contribution in [3.05, 3.63) is 59.4 Å². The van der Waals surface area contributed by atoms with E-state index in [-0.39, 0.29) is 5.78 Å². The van der Waals surface area contributed by atoms with E-state index in [2.05, 4.69) is 10.6 Å². The van der Waals surface area contributed by atoms with Gasteiger partial charge in [-0.2, -0.15) is 0 Å². The maximum absolute atomic E-state index is 12.6. The number of ketones is 1. The summed E-state index contributed by atoms with van der Waals surface area (Å²) in [5, 5.41) is 6.21. The van der Waals surface area contributed by atoms with Crippen LogP contribution in [-0.4, -0.2) is 31.4 Å². The fourth-order valence-corrected chi connectivity index (χ4v) is 1.99. The van der Waals surface area contributed by atoms with Crippen molar-refractivity contribution in [2.75, 3.05) is 19.7 Å². The van der Waals surface area contributed by atoms with Crippen molar-refractivity contribution >= 4 is 11.8 Å². The molecular weight excluding hydrogens is 268 g/mol.